The van der Waals surface area contributed by atoms with E-state index in [1.54, 1.807) is 42.8 Å². The molecule has 7 atom stereocenters. The predicted molar refractivity (Wildman–Crippen MR) is 251 cm³/mol. The van der Waals surface area contributed by atoms with Crippen molar-refractivity contribution >= 4 is 58.9 Å². The lowest BCUT2D eigenvalue weighted by Crippen LogP contribution is -2.38. The Labute approximate surface area is 388 Å². The Balaban J connectivity index is 1.37. The molecule has 2 aliphatic carbocycles. The van der Waals surface area contributed by atoms with Crippen molar-refractivity contribution in [3.63, 3.8) is 0 Å². The van der Waals surface area contributed by atoms with E-state index in [1.165, 1.54) is 19.2 Å². The Kier molecular flexibility index (Phi) is 19.2. The Morgan fingerprint density at radius 1 is 0.908 bits per heavy atom. The fourth-order valence-corrected chi connectivity index (χ4v) is 12.3. The number of benzene rings is 2. The zero-order valence-corrected chi connectivity index (χ0v) is 40.8. The fraction of sp³-hybridized carbons (Fsp3) is 0.667. The normalized spacial score (nSPS) is 22.6. The predicted octanol–water partition coefficient (Wildman–Crippen LogP) is 8.04. The van der Waals surface area contributed by atoms with Gasteiger partial charge in [0.25, 0.3) is 10.1 Å². The number of ether oxygens (including phenoxy) is 4. The van der Waals surface area contributed by atoms with Gasteiger partial charge >= 0.3 is 0 Å². The monoisotopic (exact) mass is 972 g/mol. The molecule has 15 nitrogen and oxygen atoms in total. The van der Waals surface area contributed by atoms with Gasteiger partial charge in [-0.05, 0) is 76.3 Å². The van der Waals surface area contributed by atoms with E-state index in [4.69, 9.17) is 18.9 Å². The van der Waals surface area contributed by atoms with Gasteiger partial charge in [0.15, 0.2) is 47.2 Å². The van der Waals surface area contributed by atoms with Crippen LogP contribution in [0.3, 0.4) is 0 Å². The Hall–Kier alpha value is -3.64. The third-order valence-corrected chi connectivity index (χ3v) is 17.4. The number of carbonyl (C=O) groups is 3. The van der Waals surface area contributed by atoms with Crippen LogP contribution in [0.4, 0.5) is 20.2 Å². The number of unbranched alkanes of at least 4 members (excludes halogenated alkanes) is 2. The largest absolute Gasteiger partial charge is 0.493 e. The summed E-state index contributed by atoms with van der Waals surface area (Å²) in [5, 5.41) is 4.21. The van der Waals surface area contributed by atoms with Gasteiger partial charge in [0.05, 0.1) is 32.6 Å². The summed E-state index contributed by atoms with van der Waals surface area (Å²) in [7, 11) is -1.59. The van der Waals surface area contributed by atoms with Crippen LogP contribution in [-0.4, -0.2) is 137 Å². The summed E-state index contributed by atoms with van der Waals surface area (Å²) in [5.41, 5.74) is 1.02. The van der Waals surface area contributed by atoms with E-state index < -0.39 is 58.7 Å². The first kappa shape index (κ1) is 52.3. The molecule has 65 heavy (non-hydrogen) atoms. The third kappa shape index (κ3) is 13.5. The maximum absolute atomic E-state index is 15.1. The number of Topliss-reactive ketones (excluding diaryl/α,β-unsaturated/α-hetero) is 2. The van der Waals surface area contributed by atoms with Crippen LogP contribution in [0.1, 0.15) is 98.3 Å². The average Bonchev–Trinajstić information content (AvgIpc) is 3.87. The van der Waals surface area contributed by atoms with Gasteiger partial charge < -0.3 is 39.0 Å². The van der Waals surface area contributed by atoms with Crippen LogP contribution in [0.2, 0.25) is 0 Å². The second-order valence-electron chi connectivity index (χ2n) is 17.3. The van der Waals surface area contributed by atoms with E-state index in [0.717, 1.165) is 19.3 Å². The number of methoxy groups -OCH3 is 1. The summed E-state index contributed by atoms with van der Waals surface area (Å²) in [6.45, 7) is 3.12. The summed E-state index contributed by atoms with van der Waals surface area (Å²) in [6, 6.07) is 6.12. The first-order chi connectivity index (χ1) is 30.9. The average molecular weight is 973 g/mol. The van der Waals surface area contributed by atoms with E-state index >= 15 is 4.57 Å². The lowest BCUT2D eigenvalue weighted by Gasteiger charge is -2.30. The Morgan fingerprint density at radius 3 is 2.20 bits per heavy atom. The molecule has 1 heterocycles. The summed E-state index contributed by atoms with van der Waals surface area (Å²) < 4.78 is 105. The van der Waals surface area contributed by atoms with Crippen molar-refractivity contribution in [3.05, 3.63) is 35.4 Å². The Bertz CT molecular complexity index is 2140. The number of rotatable bonds is 26. The van der Waals surface area contributed by atoms with Crippen molar-refractivity contribution in [2.45, 2.75) is 95.3 Å². The molecule has 2 saturated carbocycles. The number of amides is 1. The lowest BCUT2D eigenvalue weighted by atomic mass is 9.89. The van der Waals surface area contributed by atoms with E-state index in [0.29, 0.717) is 80.3 Å². The molecule has 1 aliphatic heterocycles. The van der Waals surface area contributed by atoms with Crippen molar-refractivity contribution in [1.29, 1.82) is 0 Å². The molecule has 2 aromatic carbocycles. The molecule has 3 aliphatic rings. The van der Waals surface area contributed by atoms with Gasteiger partial charge in [0.1, 0.15) is 12.3 Å². The van der Waals surface area contributed by atoms with Crippen molar-refractivity contribution in [2.75, 3.05) is 89.9 Å². The van der Waals surface area contributed by atoms with Gasteiger partial charge in [0, 0.05) is 92.6 Å². The maximum Gasteiger partial charge on any atom is 0.286 e. The number of carbonyl (C=O) groups excluding carboxylic acids is 3. The van der Waals surface area contributed by atoms with Crippen LogP contribution in [0.5, 0.6) is 23.0 Å². The number of fused-ring (bicyclic) bond motifs is 2. The number of nitrogens with zero attached hydrogens (tertiary/aromatic N) is 2. The van der Waals surface area contributed by atoms with Gasteiger partial charge in [-0.15, -0.1) is 0 Å². The summed E-state index contributed by atoms with van der Waals surface area (Å²) in [6.07, 6.45) is 2.49. The van der Waals surface area contributed by atoms with Gasteiger partial charge in [-0.2, -0.15) is 21.0 Å². The lowest BCUT2D eigenvalue weighted by molar-refractivity contribution is -0.129. The Morgan fingerprint density at radius 2 is 1.58 bits per heavy atom. The SMILES string of the molecule is CCCCCOc1cc(C(=O)C2CC[C@H](F)C2)c(NC)cc1OCCP(=O)(CCOc1cc2c(cc1OC)C(=O)C1C[C@@H](F)C[C@H]1C(S(=O)(=O)O)N2)N(C)CCCN(C)C(=O)CCCS. The highest BCUT2D eigenvalue weighted by Gasteiger charge is 2.50. The van der Waals surface area contributed by atoms with Gasteiger partial charge in [-0.3, -0.25) is 23.6 Å². The molecular formula is C45H67F2N4O11PS2. The van der Waals surface area contributed by atoms with Crippen LogP contribution in [-0.2, 0) is 19.5 Å². The first-order valence-corrected chi connectivity index (χ1v) is 26.8. The number of ketones is 2. The molecule has 2 aromatic rings. The number of alkyl halides is 2. The van der Waals surface area contributed by atoms with Gasteiger partial charge in [0.2, 0.25) is 5.91 Å². The molecule has 4 unspecified atom stereocenters. The van der Waals surface area contributed by atoms with Gasteiger partial charge in [-0.1, -0.05) is 19.8 Å². The highest BCUT2D eigenvalue weighted by atomic mass is 32.2. The molecule has 0 radical (unpaired) electrons. The minimum absolute atomic E-state index is 0.00785. The number of hydrogen-bond acceptors (Lipinski definition) is 13. The molecule has 0 bridgehead atoms. The van der Waals surface area contributed by atoms with Crippen LogP contribution >= 0.6 is 19.9 Å². The number of nitrogens with one attached hydrogen (secondary N) is 2. The molecule has 2 fully saturated rings. The van der Waals surface area contributed by atoms with Crippen molar-refractivity contribution in [2.24, 2.45) is 17.8 Å². The van der Waals surface area contributed by atoms with E-state index in [9.17, 15) is 36.1 Å². The number of halogens is 2. The zero-order valence-electron chi connectivity index (χ0n) is 38.2. The second kappa shape index (κ2) is 23.9. The molecular weight excluding hydrogens is 906 g/mol. The number of anilines is 2. The first-order valence-electron chi connectivity index (χ1n) is 22.6. The van der Waals surface area contributed by atoms with Gasteiger partial charge in [-0.25, -0.2) is 8.78 Å². The maximum atomic E-state index is 15.1. The van der Waals surface area contributed by atoms with Crippen LogP contribution < -0.4 is 29.6 Å². The molecule has 364 valence electrons. The van der Waals surface area contributed by atoms with E-state index in [1.807, 2.05) is 0 Å². The van der Waals surface area contributed by atoms with E-state index in [2.05, 4.69) is 30.2 Å². The smallest absolute Gasteiger partial charge is 0.286 e. The van der Waals surface area contributed by atoms with Crippen molar-refractivity contribution in [3.8, 4) is 23.0 Å². The summed E-state index contributed by atoms with van der Waals surface area (Å²) in [5.74, 6) is -1.52. The molecule has 0 aromatic heterocycles. The van der Waals surface area contributed by atoms with Crippen LogP contribution in [0.25, 0.3) is 0 Å². The van der Waals surface area contributed by atoms with Crippen LogP contribution in [0.15, 0.2) is 24.3 Å². The van der Waals surface area contributed by atoms with Crippen molar-refractivity contribution in [1.82, 2.24) is 9.57 Å². The van der Waals surface area contributed by atoms with E-state index in [-0.39, 0.29) is 79.2 Å². The van der Waals surface area contributed by atoms with Crippen molar-refractivity contribution < 1.29 is 59.6 Å². The highest BCUT2D eigenvalue weighted by Crippen LogP contribution is 2.50. The quantitative estimate of drug-likeness (QED) is 0.0233. The fourth-order valence-electron chi connectivity index (χ4n) is 8.98. The highest BCUT2D eigenvalue weighted by molar-refractivity contribution is 7.86. The minimum Gasteiger partial charge on any atom is -0.493 e. The molecule has 0 saturated heterocycles. The summed E-state index contributed by atoms with van der Waals surface area (Å²) in [4.78, 5) is 41.6. The molecule has 20 heteroatoms. The molecule has 0 spiro atoms. The molecule has 3 N–H and O–H groups in total. The molecule has 1 amide bonds. The number of thiol groups is 1. The third-order valence-electron chi connectivity index (χ3n) is 12.8. The molecule has 5 rings (SSSR count). The minimum atomic E-state index is -4.76. The zero-order chi connectivity index (χ0) is 47.5. The summed E-state index contributed by atoms with van der Waals surface area (Å²) >= 11 is 4.20. The number of hydrogen-bond donors (Lipinski definition) is 4. The topological polar surface area (TPSA) is 190 Å². The van der Waals surface area contributed by atoms with Crippen LogP contribution in [0, 0.1) is 17.8 Å². The second-order valence-corrected chi connectivity index (χ2v) is 22.6. The standard InChI is InChI=1S/C45H67F2N4O11PS2/c1-6-7-8-16-60-39-26-34(43(53)29-12-13-30(46)22-29)36(48-2)27-41(39)62-18-20-63(55,51(4)15-10-14-50(3)42(52)11-9-21-64)19-17-61-40-28-37-35(25-38(40)59-5)44(54)32-23-31(47)24-33(32)45(49-37)65(56,57)58/h25-33,45,48-49,64H,6-24H2,1-5H3,(H,56,57,58)/t29?,30-,31+,32?,33+,45?,63?/m0/s1.